The van der Waals surface area contributed by atoms with E-state index in [0.29, 0.717) is 5.69 Å². The molecule has 0 aliphatic heterocycles. The van der Waals surface area contributed by atoms with Crippen molar-refractivity contribution in [2.24, 2.45) is 0 Å². The van der Waals surface area contributed by atoms with E-state index in [1.165, 1.54) is 0 Å². The van der Waals surface area contributed by atoms with Crippen LogP contribution in [0, 0.1) is 0 Å². The van der Waals surface area contributed by atoms with Gasteiger partial charge in [0.05, 0.1) is 24.1 Å². The molecule has 1 atom stereocenters. The summed E-state index contributed by atoms with van der Waals surface area (Å²) in [6, 6.07) is 5.43. The minimum atomic E-state index is -0.766. The lowest BCUT2D eigenvalue weighted by Crippen LogP contribution is -2.23. The van der Waals surface area contributed by atoms with E-state index in [4.69, 9.17) is 15.9 Å². The molecule has 14 heavy (non-hydrogen) atoms. The summed E-state index contributed by atoms with van der Waals surface area (Å²) >= 11 is 3.29. The van der Waals surface area contributed by atoms with Crippen molar-refractivity contribution in [1.82, 2.24) is 0 Å². The molecule has 0 saturated heterocycles. The van der Waals surface area contributed by atoms with Crippen molar-refractivity contribution in [3.05, 3.63) is 22.7 Å². The Balaban J connectivity index is 2.59. The van der Waals surface area contributed by atoms with Gasteiger partial charge in [-0.25, -0.2) is 0 Å². The largest absolute Gasteiger partial charge is 0.397 e. The number of anilines is 2. The van der Waals surface area contributed by atoms with Crippen LogP contribution >= 0.6 is 15.9 Å². The fourth-order valence-corrected chi connectivity index (χ4v) is 1.37. The normalized spacial score (nSPS) is 12.5. The van der Waals surface area contributed by atoms with Crippen LogP contribution in [-0.4, -0.2) is 29.5 Å². The number of rotatable bonds is 4. The Morgan fingerprint density at radius 1 is 1.50 bits per heavy atom. The molecule has 1 unspecified atom stereocenters. The quantitative estimate of drug-likeness (QED) is 0.604. The number of hydrogen-bond donors (Lipinski definition) is 4. The Labute approximate surface area is 90.9 Å². The highest BCUT2D eigenvalue weighted by Crippen LogP contribution is 2.22. The third-order valence-electron chi connectivity index (χ3n) is 1.75. The van der Waals surface area contributed by atoms with Crippen LogP contribution in [0.4, 0.5) is 11.4 Å². The Morgan fingerprint density at radius 2 is 2.21 bits per heavy atom. The fourth-order valence-electron chi connectivity index (χ4n) is 0.987. The predicted octanol–water partition coefficient (Wildman–Crippen LogP) is 0.796. The van der Waals surface area contributed by atoms with Crippen LogP contribution in [-0.2, 0) is 0 Å². The van der Waals surface area contributed by atoms with Crippen LogP contribution in [0.3, 0.4) is 0 Å². The van der Waals surface area contributed by atoms with Crippen molar-refractivity contribution in [2.75, 3.05) is 24.2 Å². The van der Waals surface area contributed by atoms with Gasteiger partial charge in [0.15, 0.2) is 0 Å². The number of halogens is 1. The van der Waals surface area contributed by atoms with Crippen molar-refractivity contribution in [2.45, 2.75) is 6.10 Å². The van der Waals surface area contributed by atoms with Crippen LogP contribution in [0.5, 0.6) is 0 Å². The third-order valence-corrected chi connectivity index (χ3v) is 2.25. The summed E-state index contributed by atoms with van der Waals surface area (Å²) in [6.07, 6.45) is -0.766. The molecule has 4 nitrogen and oxygen atoms in total. The molecule has 0 fully saturated rings. The first-order valence-corrected chi connectivity index (χ1v) is 5.00. The molecule has 0 heterocycles. The molecule has 5 heteroatoms. The lowest BCUT2D eigenvalue weighted by atomic mass is 10.2. The molecule has 0 aromatic heterocycles. The maximum Gasteiger partial charge on any atom is 0.0942 e. The van der Waals surface area contributed by atoms with E-state index in [1.54, 1.807) is 6.07 Å². The molecule has 0 aliphatic rings. The summed E-state index contributed by atoms with van der Waals surface area (Å²) in [6.45, 7) is 0.0196. The first kappa shape index (κ1) is 11.3. The Bertz CT molecular complexity index is 307. The number of benzene rings is 1. The van der Waals surface area contributed by atoms with Gasteiger partial charge in [0.1, 0.15) is 0 Å². The minimum absolute atomic E-state index is 0.260. The van der Waals surface area contributed by atoms with E-state index in [0.717, 1.165) is 10.2 Å². The van der Waals surface area contributed by atoms with Crippen molar-refractivity contribution >= 4 is 27.3 Å². The summed E-state index contributed by atoms with van der Waals surface area (Å²) < 4.78 is 0.906. The maximum absolute atomic E-state index is 9.10. The van der Waals surface area contributed by atoms with Crippen LogP contribution < -0.4 is 11.1 Å². The number of nitrogen functional groups attached to an aromatic ring is 1. The number of aliphatic hydroxyl groups excluding tert-OH is 2. The van der Waals surface area contributed by atoms with Gasteiger partial charge in [0.2, 0.25) is 0 Å². The monoisotopic (exact) mass is 260 g/mol. The van der Waals surface area contributed by atoms with Crippen LogP contribution in [0.15, 0.2) is 22.7 Å². The molecule has 1 aromatic rings. The molecule has 5 N–H and O–H groups in total. The first-order chi connectivity index (χ1) is 6.63. The van der Waals surface area contributed by atoms with Crippen LogP contribution in [0.1, 0.15) is 0 Å². The van der Waals surface area contributed by atoms with Gasteiger partial charge in [-0.1, -0.05) is 15.9 Å². The molecule has 0 saturated carbocycles. The summed E-state index contributed by atoms with van der Waals surface area (Å²) in [5, 5.41) is 20.6. The second-order valence-corrected chi connectivity index (χ2v) is 3.86. The summed E-state index contributed by atoms with van der Waals surface area (Å²) in [7, 11) is 0. The van der Waals surface area contributed by atoms with Gasteiger partial charge in [-0.15, -0.1) is 0 Å². The van der Waals surface area contributed by atoms with Crippen LogP contribution in [0.2, 0.25) is 0 Å². The Kier molecular flexibility index (Phi) is 4.19. The van der Waals surface area contributed by atoms with E-state index < -0.39 is 6.10 Å². The topological polar surface area (TPSA) is 78.5 Å². The van der Waals surface area contributed by atoms with Crippen molar-refractivity contribution in [3.8, 4) is 0 Å². The predicted molar refractivity (Wildman–Crippen MR) is 60.1 cm³/mol. The second kappa shape index (κ2) is 5.19. The standard InChI is InChI=1S/C9H13BrN2O2/c10-6-1-2-9(8(11)3-6)12-4-7(14)5-13/h1-3,7,12-14H,4-5,11H2. The average molecular weight is 261 g/mol. The second-order valence-electron chi connectivity index (χ2n) is 2.95. The number of hydrogen-bond acceptors (Lipinski definition) is 4. The number of nitrogens with one attached hydrogen (secondary N) is 1. The van der Waals surface area contributed by atoms with Gasteiger partial charge < -0.3 is 21.3 Å². The third kappa shape index (κ3) is 3.17. The molecular weight excluding hydrogens is 248 g/mol. The minimum Gasteiger partial charge on any atom is -0.397 e. The lowest BCUT2D eigenvalue weighted by molar-refractivity contribution is 0.105. The first-order valence-electron chi connectivity index (χ1n) is 4.21. The SMILES string of the molecule is Nc1cc(Br)ccc1NCC(O)CO. The Hall–Kier alpha value is -0.780. The van der Waals surface area contributed by atoms with E-state index in [9.17, 15) is 0 Å². The smallest absolute Gasteiger partial charge is 0.0942 e. The van der Waals surface area contributed by atoms with E-state index in [-0.39, 0.29) is 13.2 Å². The fraction of sp³-hybridized carbons (Fsp3) is 0.333. The maximum atomic E-state index is 9.10. The van der Waals surface area contributed by atoms with Gasteiger partial charge in [-0.3, -0.25) is 0 Å². The zero-order valence-corrected chi connectivity index (χ0v) is 9.16. The lowest BCUT2D eigenvalue weighted by Gasteiger charge is -2.12. The molecule has 0 bridgehead atoms. The summed E-state index contributed by atoms with van der Waals surface area (Å²) in [5.74, 6) is 0. The van der Waals surface area contributed by atoms with Gasteiger partial charge in [0, 0.05) is 11.0 Å². The molecule has 0 radical (unpaired) electrons. The molecule has 1 rings (SSSR count). The van der Waals surface area contributed by atoms with Crippen molar-refractivity contribution in [1.29, 1.82) is 0 Å². The number of nitrogens with two attached hydrogens (primary N) is 1. The van der Waals surface area contributed by atoms with Crippen molar-refractivity contribution in [3.63, 3.8) is 0 Å². The molecule has 0 spiro atoms. The van der Waals surface area contributed by atoms with Gasteiger partial charge in [0.25, 0.3) is 0 Å². The highest BCUT2D eigenvalue weighted by molar-refractivity contribution is 9.10. The number of aliphatic hydroxyl groups is 2. The summed E-state index contributed by atoms with van der Waals surface area (Å²) in [5.41, 5.74) is 7.06. The highest BCUT2D eigenvalue weighted by Gasteiger charge is 2.03. The molecule has 0 aliphatic carbocycles. The highest BCUT2D eigenvalue weighted by atomic mass is 79.9. The Morgan fingerprint density at radius 3 is 2.79 bits per heavy atom. The van der Waals surface area contributed by atoms with Gasteiger partial charge in [-0.05, 0) is 18.2 Å². The zero-order valence-electron chi connectivity index (χ0n) is 7.57. The van der Waals surface area contributed by atoms with Gasteiger partial charge >= 0.3 is 0 Å². The zero-order chi connectivity index (χ0) is 10.6. The van der Waals surface area contributed by atoms with Crippen molar-refractivity contribution < 1.29 is 10.2 Å². The van der Waals surface area contributed by atoms with E-state index in [1.807, 2.05) is 12.1 Å². The van der Waals surface area contributed by atoms with Gasteiger partial charge in [-0.2, -0.15) is 0 Å². The molecular formula is C9H13BrN2O2. The van der Waals surface area contributed by atoms with E-state index >= 15 is 0 Å². The van der Waals surface area contributed by atoms with E-state index in [2.05, 4.69) is 21.2 Å². The average Bonchev–Trinajstić information content (AvgIpc) is 2.16. The summed E-state index contributed by atoms with van der Waals surface area (Å²) in [4.78, 5) is 0. The molecule has 1 aromatic carbocycles. The molecule has 0 amide bonds. The van der Waals surface area contributed by atoms with Crippen LogP contribution in [0.25, 0.3) is 0 Å². The molecule has 78 valence electrons.